The van der Waals surface area contributed by atoms with Crippen LogP contribution in [0, 0.1) is 13.8 Å². The van der Waals surface area contributed by atoms with Gasteiger partial charge in [-0.1, -0.05) is 0 Å². The highest BCUT2D eigenvalue weighted by atomic mass is 16.1. The minimum atomic E-state index is -0.178. The van der Waals surface area contributed by atoms with Crippen LogP contribution >= 0.6 is 0 Å². The maximum Gasteiger partial charge on any atom is 0.255 e. The summed E-state index contributed by atoms with van der Waals surface area (Å²) in [4.78, 5) is 12.3. The van der Waals surface area contributed by atoms with Crippen LogP contribution < -0.4 is 5.32 Å². The fraction of sp³-hybridized carbons (Fsp3) is 0.214. The standard InChI is InChI=1S/C14H15N7O/c1-9-13(10(2)20(3)17-9)16-14(22)11-4-6-12(7-5-11)21-8-15-18-19-21/h4-8H,1-3H3,(H,16,22). The number of amides is 1. The maximum absolute atomic E-state index is 12.3. The van der Waals surface area contributed by atoms with Crippen molar-refractivity contribution < 1.29 is 4.79 Å². The van der Waals surface area contributed by atoms with E-state index in [0.29, 0.717) is 5.56 Å². The zero-order chi connectivity index (χ0) is 15.7. The van der Waals surface area contributed by atoms with E-state index in [-0.39, 0.29) is 5.91 Å². The summed E-state index contributed by atoms with van der Waals surface area (Å²) >= 11 is 0. The highest BCUT2D eigenvalue weighted by Crippen LogP contribution is 2.19. The average molecular weight is 297 g/mol. The van der Waals surface area contributed by atoms with Crippen LogP contribution in [0.4, 0.5) is 5.69 Å². The minimum absolute atomic E-state index is 0.178. The molecule has 8 heteroatoms. The Balaban J connectivity index is 1.81. The summed E-state index contributed by atoms with van der Waals surface area (Å²) in [6.45, 7) is 3.78. The zero-order valence-electron chi connectivity index (χ0n) is 12.5. The summed E-state index contributed by atoms with van der Waals surface area (Å²) in [5.74, 6) is -0.178. The van der Waals surface area contributed by atoms with E-state index in [9.17, 15) is 4.79 Å². The van der Waals surface area contributed by atoms with Crippen molar-refractivity contribution in [1.82, 2.24) is 30.0 Å². The first-order chi connectivity index (χ1) is 10.6. The fourth-order valence-electron chi connectivity index (χ4n) is 2.19. The van der Waals surface area contributed by atoms with Gasteiger partial charge in [0, 0.05) is 12.6 Å². The molecule has 2 aromatic heterocycles. The Morgan fingerprint density at radius 1 is 1.18 bits per heavy atom. The van der Waals surface area contributed by atoms with Crippen LogP contribution in [-0.4, -0.2) is 35.9 Å². The molecule has 1 amide bonds. The Morgan fingerprint density at radius 3 is 2.45 bits per heavy atom. The van der Waals surface area contributed by atoms with E-state index in [1.54, 1.807) is 28.9 Å². The van der Waals surface area contributed by atoms with E-state index < -0.39 is 0 Å². The van der Waals surface area contributed by atoms with E-state index >= 15 is 0 Å². The maximum atomic E-state index is 12.3. The number of carbonyl (C=O) groups excluding carboxylic acids is 1. The number of anilines is 1. The third-order valence-electron chi connectivity index (χ3n) is 3.49. The van der Waals surface area contributed by atoms with Gasteiger partial charge in [0.25, 0.3) is 5.91 Å². The Labute approximate surface area is 126 Å². The van der Waals surface area contributed by atoms with Crippen LogP contribution in [0.1, 0.15) is 21.7 Å². The molecule has 0 aliphatic carbocycles. The molecule has 3 aromatic rings. The molecule has 0 bridgehead atoms. The van der Waals surface area contributed by atoms with Crippen LogP contribution in [0.5, 0.6) is 0 Å². The van der Waals surface area contributed by atoms with Crippen molar-refractivity contribution >= 4 is 11.6 Å². The van der Waals surface area contributed by atoms with Crippen molar-refractivity contribution in [3.63, 3.8) is 0 Å². The molecule has 0 aliphatic rings. The van der Waals surface area contributed by atoms with Gasteiger partial charge >= 0.3 is 0 Å². The van der Waals surface area contributed by atoms with Crippen LogP contribution in [0.15, 0.2) is 30.6 Å². The quantitative estimate of drug-likeness (QED) is 0.786. The van der Waals surface area contributed by atoms with Gasteiger partial charge in [0.1, 0.15) is 6.33 Å². The summed E-state index contributed by atoms with van der Waals surface area (Å²) in [5.41, 5.74) is 3.79. The third kappa shape index (κ3) is 2.46. The second-order valence-corrected chi connectivity index (χ2v) is 4.92. The molecule has 2 heterocycles. The van der Waals surface area contributed by atoms with Gasteiger partial charge in [-0.3, -0.25) is 9.48 Å². The number of tetrazole rings is 1. The molecule has 3 rings (SSSR count). The van der Waals surface area contributed by atoms with Crippen LogP contribution in [0.25, 0.3) is 5.69 Å². The predicted octanol–water partition coefficient (Wildman–Crippen LogP) is 1.26. The molecule has 0 spiro atoms. The predicted molar refractivity (Wildman–Crippen MR) is 79.8 cm³/mol. The van der Waals surface area contributed by atoms with Crippen molar-refractivity contribution in [2.75, 3.05) is 5.32 Å². The van der Waals surface area contributed by atoms with Crippen molar-refractivity contribution in [3.8, 4) is 5.69 Å². The van der Waals surface area contributed by atoms with Gasteiger partial charge in [-0.15, -0.1) is 5.10 Å². The van der Waals surface area contributed by atoms with Gasteiger partial charge in [0.05, 0.1) is 22.8 Å². The van der Waals surface area contributed by atoms with Crippen molar-refractivity contribution in [2.24, 2.45) is 7.05 Å². The van der Waals surface area contributed by atoms with Crippen LogP contribution in [0.2, 0.25) is 0 Å². The highest BCUT2D eigenvalue weighted by molar-refractivity contribution is 6.04. The normalized spacial score (nSPS) is 10.7. The minimum Gasteiger partial charge on any atom is -0.319 e. The molecule has 0 radical (unpaired) electrons. The van der Waals surface area contributed by atoms with E-state index in [0.717, 1.165) is 22.8 Å². The van der Waals surface area contributed by atoms with Gasteiger partial charge in [-0.25, -0.2) is 4.68 Å². The number of benzene rings is 1. The first kappa shape index (κ1) is 13.9. The Hall–Kier alpha value is -3.03. The second kappa shape index (κ2) is 5.40. The number of nitrogens with one attached hydrogen (secondary N) is 1. The van der Waals surface area contributed by atoms with E-state index in [2.05, 4.69) is 25.9 Å². The molecule has 0 unspecified atom stereocenters. The molecular weight excluding hydrogens is 282 g/mol. The van der Waals surface area contributed by atoms with Gasteiger partial charge in [0.2, 0.25) is 0 Å². The van der Waals surface area contributed by atoms with E-state index in [1.165, 1.54) is 11.0 Å². The molecule has 1 aromatic carbocycles. The van der Waals surface area contributed by atoms with Crippen molar-refractivity contribution in [3.05, 3.63) is 47.5 Å². The van der Waals surface area contributed by atoms with Crippen LogP contribution in [-0.2, 0) is 7.05 Å². The second-order valence-electron chi connectivity index (χ2n) is 4.92. The molecule has 0 atom stereocenters. The number of aryl methyl sites for hydroxylation is 2. The number of rotatable bonds is 3. The van der Waals surface area contributed by atoms with E-state index in [4.69, 9.17) is 0 Å². The first-order valence-corrected chi connectivity index (χ1v) is 6.71. The molecule has 0 saturated carbocycles. The topological polar surface area (TPSA) is 90.5 Å². The molecule has 8 nitrogen and oxygen atoms in total. The van der Waals surface area contributed by atoms with Gasteiger partial charge in [-0.2, -0.15) is 5.10 Å². The van der Waals surface area contributed by atoms with Crippen molar-refractivity contribution in [2.45, 2.75) is 13.8 Å². The SMILES string of the molecule is Cc1nn(C)c(C)c1NC(=O)c1ccc(-n2cnnn2)cc1. The molecule has 0 fully saturated rings. The van der Waals surface area contributed by atoms with Gasteiger partial charge < -0.3 is 5.32 Å². The number of nitrogens with zero attached hydrogens (tertiary/aromatic N) is 6. The molecule has 0 saturated heterocycles. The third-order valence-corrected chi connectivity index (χ3v) is 3.49. The summed E-state index contributed by atoms with van der Waals surface area (Å²) in [6, 6.07) is 7.03. The average Bonchev–Trinajstić information content (AvgIpc) is 3.12. The zero-order valence-corrected chi connectivity index (χ0v) is 12.5. The largest absolute Gasteiger partial charge is 0.319 e. The number of hydrogen-bond donors (Lipinski definition) is 1. The molecule has 0 aliphatic heterocycles. The lowest BCUT2D eigenvalue weighted by atomic mass is 10.2. The van der Waals surface area contributed by atoms with Crippen molar-refractivity contribution in [1.29, 1.82) is 0 Å². The fourth-order valence-corrected chi connectivity index (χ4v) is 2.19. The molecule has 1 N–H and O–H groups in total. The van der Waals surface area contributed by atoms with E-state index in [1.807, 2.05) is 20.9 Å². The number of hydrogen-bond acceptors (Lipinski definition) is 5. The Kier molecular flexibility index (Phi) is 3.42. The lowest BCUT2D eigenvalue weighted by Crippen LogP contribution is -2.13. The Bertz CT molecular complexity index is 803. The highest BCUT2D eigenvalue weighted by Gasteiger charge is 2.13. The molecule has 22 heavy (non-hydrogen) atoms. The first-order valence-electron chi connectivity index (χ1n) is 6.71. The number of carbonyl (C=O) groups is 1. The smallest absolute Gasteiger partial charge is 0.255 e. The van der Waals surface area contributed by atoms with Gasteiger partial charge in [0.15, 0.2) is 0 Å². The monoisotopic (exact) mass is 297 g/mol. The summed E-state index contributed by atoms with van der Waals surface area (Å²) < 4.78 is 3.27. The molecular formula is C14H15N7O. The van der Waals surface area contributed by atoms with Gasteiger partial charge in [-0.05, 0) is 48.5 Å². The summed E-state index contributed by atoms with van der Waals surface area (Å²) in [5, 5.41) is 18.1. The lowest BCUT2D eigenvalue weighted by molar-refractivity contribution is 0.102. The molecule has 112 valence electrons. The van der Waals surface area contributed by atoms with Crippen LogP contribution in [0.3, 0.4) is 0 Å². The Morgan fingerprint density at radius 2 is 1.91 bits per heavy atom. The number of aromatic nitrogens is 6. The summed E-state index contributed by atoms with van der Waals surface area (Å²) in [6.07, 6.45) is 1.50. The lowest BCUT2D eigenvalue weighted by Gasteiger charge is -2.06. The summed E-state index contributed by atoms with van der Waals surface area (Å²) in [7, 11) is 1.85.